The van der Waals surface area contributed by atoms with E-state index in [1.54, 1.807) is 0 Å². The van der Waals surface area contributed by atoms with Crippen LogP contribution < -0.4 is 5.73 Å². The third-order valence-electron chi connectivity index (χ3n) is 3.83. The molecule has 0 saturated carbocycles. The van der Waals surface area contributed by atoms with E-state index >= 15 is 0 Å². The maximum atomic E-state index is 6.45. The molecule has 2 aromatic rings. The third kappa shape index (κ3) is 3.48. The van der Waals surface area contributed by atoms with Crippen molar-refractivity contribution in [3.8, 4) is 5.69 Å². The molecule has 1 unspecified atom stereocenters. The summed E-state index contributed by atoms with van der Waals surface area (Å²) in [6, 6.07) is 10.3. The van der Waals surface area contributed by atoms with Crippen molar-refractivity contribution in [1.82, 2.24) is 9.78 Å². The monoisotopic (exact) mass is 271 g/mol. The highest BCUT2D eigenvalue weighted by Crippen LogP contribution is 2.27. The Balaban J connectivity index is 2.15. The lowest BCUT2D eigenvalue weighted by Crippen LogP contribution is -2.21. The van der Waals surface area contributed by atoms with Gasteiger partial charge in [0.05, 0.1) is 11.9 Å². The molecular formula is C17H25N3. The molecule has 1 atom stereocenters. The minimum atomic E-state index is 0.0902. The third-order valence-corrected chi connectivity index (χ3v) is 3.83. The van der Waals surface area contributed by atoms with E-state index < -0.39 is 0 Å². The van der Waals surface area contributed by atoms with Gasteiger partial charge in [0.15, 0.2) is 0 Å². The van der Waals surface area contributed by atoms with Crippen LogP contribution in [0.1, 0.15) is 51.1 Å². The summed E-state index contributed by atoms with van der Waals surface area (Å²) in [6.45, 7) is 4.45. The van der Waals surface area contributed by atoms with Crippen LogP contribution in [0.2, 0.25) is 0 Å². The van der Waals surface area contributed by atoms with E-state index in [9.17, 15) is 0 Å². The predicted octanol–water partition coefficient (Wildman–Crippen LogP) is 4.09. The van der Waals surface area contributed by atoms with Crippen molar-refractivity contribution in [2.24, 2.45) is 11.7 Å². The highest BCUT2D eigenvalue weighted by atomic mass is 15.3. The van der Waals surface area contributed by atoms with E-state index in [1.807, 2.05) is 29.1 Å². The molecule has 3 heteroatoms. The maximum Gasteiger partial charge on any atom is 0.0645 e. The Kier molecular flexibility index (Phi) is 5.36. The Bertz CT molecular complexity index is 498. The van der Waals surface area contributed by atoms with Crippen molar-refractivity contribution in [1.29, 1.82) is 0 Å². The van der Waals surface area contributed by atoms with Crippen LogP contribution in [-0.2, 0) is 0 Å². The number of aromatic nitrogens is 2. The van der Waals surface area contributed by atoms with E-state index in [4.69, 9.17) is 5.73 Å². The highest BCUT2D eigenvalue weighted by molar-refractivity contribution is 5.31. The van der Waals surface area contributed by atoms with Gasteiger partial charge in [0.2, 0.25) is 0 Å². The molecule has 0 aliphatic heterocycles. The van der Waals surface area contributed by atoms with Gasteiger partial charge in [0.25, 0.3) is 0 Å². The molecular weight excluding hydrogens is 246 g/mol. The van der Waals surface area contributed by atoms with Crippen LogP contribution in [0.15, 0.2) is 42.7 Å². The van der Waals surface area contributed by atoms with Gasteiger partial charge < -0.3 is 5.73 Å². The van der Waals surface area contributed by atoms with Crippen LogP contribution in [-0.4, -0.2) is 9.78 Å². The van der Waals surface area contributed by atoms with Crippen molar-refractivity contribution >= 4 is 0 Å². The summed E-state index contributed by atoms with van der Waals surface area (Å²) < 4.78 is 1.91. The van der Waals surface area contributed by atoms with E-state index in [0.717, 1.165) is 11.3 Å². The van der Waals surface area contributed by atoms with Crippen LogP contribution in [0.5, 0.6) is 0 Å². The second-order valence-electron chi connectivity index (χ2n) is 5.42. The average molecular weight is 271 g/mol. The molecule has 2 N–H and O–H groups in total. The van der Waals surface area contributed by atoms with E-state index in [0.29, 0.717) is 5.92 Å². The Hall–Kier alpha value is -1.61. The van der Waals surface area contributed by atoms with Gasteiger partial charge in [-0.3, -0.25) is 0 Å². The van der Waals surface area contributed by atoms with Crippen LogP contribution >= 0.6 is 0 Å². The Morgan fingerprint density at radius 1 is 1.10 bits per heavy atom. The van der Waals surface area contributed by atoms with E-state index in [-0.39, 0.29) is 6.04 Å². The largest absolute Gasteiger partial charge is 0.324 e. The van der Waals surface area contributed by atoms with Gasteiger partial charge in [-0.05, 0) is 30.9 Å². The van der Waals surface area contributed by atoms with Crippen molar-refractivity contribution in [3.05, 3.63) is 48.3 Å². The Morgan fingerprint density at radius 2 is 1.75 bits per heavy atom. The minimum absolute atomic E-state index is 0.0902. The SMILES string of the molecule is CCCC(CCC)C(N)c1cnn(-c2ccccc2)c1. The molecule has 20 heavy (non-hydrogen) atoms. The number of para-hydroxylation sites is 1. The first-order valence-corrected chi connectivity index (χ1v) is 7.61. The number of nitrogens with zero attached hydrogens (tertiary/aromatic N) is 2. The molecule has 0 bridgehead atoms. The highest BCUT2D eigenvalue weighted by Gasteiger charge is 2.19. The fourth-order valence-electron chi connectivity index (χ4n) is 2.75. The van der Waals surface area contributed by atoms with Gasteiger partial charge in [-0.25, -0.2) is 4.68 Å². The number of nitrogens with two attached hydrogens (primary N) is 1. The summed E-state index contributed by atoms with van der Waals surface area (Å²) in [5.74, 6) is 0.554. The van der Waals surface area contributed by atoms with E-state index in [2.05, 4.69) is 37.3 Å². The molecule has 1 heterocycles. The number of benzene rings is 1. The first-order valence-electron chi connectivity index (χ1n) is 7.61. The Labute approximate surface area is 121 Å². The predicted molar refractivity (Wildman–Crippen MR) is 83.8 cm³/mol. The topological polar surface area (TPSA) is 43.8 Å². The first-order chi connectivity index (χ1) is 9.76. The lowest BCUT2D eigenvalue weighted by Gasteiger charge is -2.22. The van der Waals surface area contributed by atoms with Gasteiger partial charge in [0, 0.05) is 17.8 Å². The maximum absolute atomic E-state index is 6.45. The molecule has 2 rings (SSSR count). The fraction of sp³-hybridized carbons (Fsp3) is 0.471. The van der Waals surface area contributed by atoms with Gasteiger partial charge >= 0.3 is 0 Å². The summed E-state index contributed by atoms with van der Waals surface area (Å²) in [5.41, 5.74) is 8.67. The lowest BCUT2D eigenvalue weighted by molar-refractivity contribution is 0.368. The molecule has 0 spiro atoms. The molecule has 0 aliphatic rings. The van der Waals surface area contributed by atoms with Crippen LogP contribution in [0.3, 0.4) is 0 Å². The molecule has 0 saturated heterocycles. The number of hydrogen-bond acceptors (Lipinski definition) is 2. The second kappa shape index (κ2) is 7.25. The number of rotatable bonds is 7. The summed E-state index contributed by atoms with van der Waals surface area (Å²) >= 11 is 0. The molecule has 1 aromatic heterocycles. The van der Waals surface area contributed by atoms with Crippen molar-refractivity contribution < 1.29 is 0 Å². The number of hydrogen-bond donors (Lipinski definition) is 1. The zero-order valence-electron chi connectivity index (χ0n) is 12.5. The van der Waals surface area contributed by atoms with Gasteiger partial charge in [0.1, 0.15) is 0 Å². The van der Waals surface area contributed by atoms with Crippen molar-refractivity contribution in [3.63, 3.8) is 0 Å². The summed E-state index contributed by atoms with van der Waals surface area (Å²) in [4.78, 5) is 0. The molecule has 1 aromatic carbocycles. The van der Waals surface area contributed by atoms with Gasteiger partial charge in [-0.15, -0.1) is 0 Å². The van der Waals surface area contributed by atoms with Crippen LogP contribution in [0, 0.1) is 5.92 Å². The van der Waals surface area contributed by atoms with Crippen LogP contribution in [0.25, 0.3) is 5.69 Å². The van der Waals surface area contributed by atoms with E-state index in [1.165, 1.54) is 25.7 Å². The molecule has 0 aliphatic carbocycles. The van der Waals surface area contributed by atoms with Crippen molar-refractivity contribution in [2.45, 2.75) is 45.6 Å². The summed E-state index contributed by atoms with van der Waals surface area (Å²) in [5, 5.41) is 4.45. The smallest absolute Gasteiger partial charge is 0.0645 e. The second-order valence-corrected chi connectivity index (χ2v) is 5.42. The van der Waals surface area contributed by atoms with Gasteiger partial charge in [-0.1, -0.05) is 44.9 Å². The Morgan fingerprint density at radius 3 is 2.35 bits per heavy atom. The molecule has 108 valence electrons. The normalized spacial score (nSPS) is 12.8. The lowest BCUT2D eigenvalue weighted by atomic mass is 9.88. The minimum Gasteiger partial charge on any atom is -0.324 e. The van der Waals surface area contributed by atoms with Crippen molar-refractivity contribution in [2.75, 3.05) is 0 Å². The summed E-state index contributed by atoms with van der Waals surface area (Å²) in [7, 11) is 0. The summed E-state index contributed by atoms with van der Waals surface area (Å²) in [6.07, 6.45) is 8.72. The molecule has 3 nitrogen and oxygen atoms in total. The van der Waals surface area contributed by atoms with Gasteiger partial charge in [-0.2, -0.15) is 5.10 Å². The first kappa shape index (κ1) is 14.8. The zero-order valence-corrected chi connectivity index (χ0v) is 12.5. The quantitative estimate of drug-likeness (QED) is 0.824. The molecule has 0 amide bonds. The standard InChI is InChI=1S/C17H25N3/c1-3-8-14(9-4-2)17(18)15-12-19-20(13-15)16-10-6-5-7-11-16/h5-7,10-14,17H,3-4,8-9,18H2,1-2H3. The fourth-order valence-corrected chi connectivity index (χ4v) is 2.75. The average Bonchev–Trinajstić information content (AvgIpc) is 2.97. The van der Waals surface area contributed by atoms with Crippen LogP contribution in [0.4, 0.5) is 0 Å². The zero-order chi connectivity index (χ0) is 14.4. The molecule has 0 fully saturated rings. The molecule has 0 radical (unpaired) electrons.